The highest BCUT2D eigenvalue weighted by atomic mass is 79.9. The van der Waals surface area contributed by atoms with Gasteiger partial charge in [-0.3, -0.25) is 0 Å². The normalized spacial score (nSPS) is 19.2. The van der Waals surface area contributed by atoms with E-state index in [1.165, 1.54) is 24.3 Å². The standard InChI is InChI=1S/C14H11BrF3N3O2S2/c15-24-7-1-2-12(24)11-8-13(14(16,17)18)20-21(11)9-3-5-10(6-4-9)25(19,22)23/h1-8,24H,(H2,19,22,23). The van der Waals surface area contributed by atoms with E-state index in [2.05, 4.69) is 19.9 Å². The zero-order valence-corrected chi connectivity index (χ0v) is 15.6. The van der Waals surface area contributed by atoms with Crippen molar-refractivity contribution in [3.05, 3.63) is 59.3 Å². The molecule has 5 nitrogen and oxygen atoms in total. The summed E-state index contributed by atoms with van der Waals surface area (Å²) < 4.78 is 63.1. The lowest BCUT2D eigenvalue weighted by molar-refractivity contribution is -0.141. The second-order valence-corrected chi connectivity index (χ2v) is 10.3. The molecular weight excluding hydrogens is 443 g/mol. The lowest BCUT2D eigenvalue weighted by Gasteiger charge is -2.13. The van der Waals surface area contributed by atoms with Gasteiger partial charge in [0.25, 0.3) is 0 Å². The largest absolute Gasteiger partial charge is 0.435 e. The van der Waals surface area contributed by atoms with Gasteiger partial charge in [-0.15, -0.1) is 9.33 Å². The maximum Gasteiger partial charge on any atom is 0.435 e. The van der Waals surface area contributed by atoms with Crippen LogP contribution in [0, 0.1) is 0 Å². The lowest BCUT2D eigenvalue weighted by Crippen LogP contribution is -2.12. The summed E-state index contributed by atoms with van der Waals surface area (Å²) in [6.45, 7) is 0. The van der Waals surface area contributed by atoms with Crippen molar-refractivity contribution in [3.63, 3.8) is 0 Å². The van der Waals surface area contributed by atoms with Gasteiger partial charge in [0.1, 0.15) is 0 Å². The highest BCUT2D eigenvalue weighted by Gasteiger charge is 2.36. The number of aromatic nitrogens is 2. The molecule has 0 spiro atoms. The van der Waals surface area contributed by atoms with Gasteiger partial charge in [-0.2, -0.15) is 18.3 Å². The zero-order valence-electron chi connectivity index (χ0n) is 12.3. The van der Waals surface area contributed by atoms with Crippen LogP contribution in [0.25, 0.3) is 10.6 Å². The first-order chi connectivity index (χ1) is 11.6. The van der Waals surface area contributed by atoms with Gasteiger partial charge in [-0.1, -0.05) is 6.08 Å². The number of primary sulfonamides is 1. The fourth-order valence-corrected chi connectivity index (χ4v) is 5.06. The van der Waals surface area contributed by atoms with E-state index in [-0.39, 0.29) is 10.6 Å². The van der Waals surface area contributed by atoms with E-state index in [9.17, 15) is 21.6 Å². The maximum absolute atomic E-state index is 13.1. The molecule has 1 atom stereocenters. The van der Waals surface area contributed by atoms with Crippen molar-refractivity contribution in [3.8, 4) is 5.69 Å². The van der Waals surface area contributed by atoms with Crippen molar-refractivity contribution in [1.29, 1.82) is 0 Å². The fourth-order valence-electron chi connectivity index (χ4n) is 2.23. The maximum atomic E-state index is 13.1. The number of allylic oxidation sites excluding steroid dienone is 2. The second-order valence-electron chi connectivity index (χ2n) is 5.07. The summed E-state index contributed by atoms with van der Waals surface area (Å²) in [6, 6.07) is 6.14. The van der Waals surface area contributed by atoms with Crippen LogP contribution in [0.1, 0.15) is 11.4 Å². The van der Waals surface area contributed by atoms with Gasteiger partial charge in [-0.25, -0.2) is 18.2 Å². The molecule has 0 radical (unpaired) electrons. The molecule has 3 rings (SSSR count). The Morgan fingerprint density at radius 3 is 2.32 bits per heavy atom. The molecule has 25 heavy (non-hydrogen) atoms. The Hall–Kier alpha value is -1.56. The molecule has 0 saturated heterocycles. The summed E-state index contributed by atoms with van der Waals surface area (Å²) in [6.07, 6.45) is -1.13. The predicted octanol–water partition coefficient (Wildman–Crippen LogP) is 3.72. The monoisotopic (exact) mass is 453 g/mol. The number of halogens is 4. The third-order valence-corrected chi connectivity index (χ3v) is 7.43. The molecule has 0 saturated carbocycles. The van der Waals surface area contributed by atoms with Crippen molar-refractivity contribution < 1.29 is 21.6 Å². The van der Waals surface area contributed by atoms with Crippen molar-refractivity contribution in [2.24, 2.45) is 5.14 Å². The lowest BCUT2D eigenvalue weighted by atomic mass is 10.3. The summed E-state index contributed by atoms with van der Waals surface area (Å²) in [4.78, 5) is 0.541. The van der Waals surface area contributed by atoms with Crippen molar-refractivity contribution in [2.75, 3.05) is 0 Å². The number of nitrogens with zero attached hydrogens (tertiary/aromatic N) is 2. The first-order valence-corrected chi connectivity index (χ1v) is 11.7. The van der Waals surface area contributed by atoms with E-state index >= 15 is 0 Å². The van der Waals surface area contributed by atoms with E-state index < -0.39 is 31.2 Å². The number of sulfonamides is 1. The minimum absolute atomic E-state index is 0.134. The average Bonchev–Trinajstić information content (AvgIpc) is 3.11. The molecule has 1 unspecified atom stereocenters. The van der Waals surface area contributed by atoms with E-state index in [4.69, 9.17) is 5.14 Å². The molecular formula is C14H11BrF3N3O2S2. The Kier molecular flexibility index (Phi) is 4.60. The smallest absolute Gasteiger partial charge is 0.232 e. The Morgan fingerprint density at radius 1 is 1.20 bits per heavy atom. The van der Waals surface area contributed by atoms with Gasteiger partial charge in [-0.05, 0) is 56.6 Å². The molecule has 0 aliphatic carbocycles. The molecule has 1 aromatic heterocycles. The molecule has 2 N–H and O–H groups in total. The molecule has 1 aromatic carbocycles. The van der Waals surface area contributed by atoms with Crippen LogP contribution in [0.5, 0.6) is 0 Å². The number of alkyl halides is 3. The van der Waals surface area contributed by atoms with E-state index in [1.807, 2.05) is 5.41 Å². The van der Waals surface area contributed by atoms with Gasteiger partial charge >= 0.3 is 6.18 Å². The molecule has 11 heteroatoms. The average molecular weight is 454 g/mol. The zero-order chi connectivity index (χ0) is 18.4. The van der Waals surface area contributed by atoms with Crippen LogP contribution in [0.2, 0.25) is 0 Å². The number of nitrogens with two attached hydrogens (primary N) is 1. The predicted molar refractivity (Wildman–Crippen MR) is 95.0 cm³/mol. The van der Waals surface area contributed by atoms with Crippen LogP contribution in [-0.4, -0.2) is 18.2 Å². The highest BCUT2D eigenvalue weighted by Crippen LogP contribution is 2.53. The van der Waals surface area contributed by atoms with Crippen molar-refractivity contribution in [2.45, 2.75) is 11.1 Å². The van der Waals surface area contributed by atoms with Crippen LogP contribution in [0.4, 0.5) is 13.2 Å². The van der Waals surface area contributed by atoms with Gasteiger partial charge < -0.3 is 0 Å². The Morgan fingerprint density at radius 2 is 1.84 bits per heavy atom. The van der Waals surface area contributed by atoms with Gasteiger partial charge in [0.05, 0.1) is 16.3 Å². The first kappa shape index (κ1) is 18.2. The molecule has 2 aromatic rings. The van der Waals surface area contributed by atoms with Crippen LogP contribution < -0.4 is 5.14 Å². The molecule has 134 valence electrons. The van der Waals surface area contributed by atoms with Gasteiger partial charge in [0, 0.05) is 4.91 Å². The molecule has 1 aliphatic heterocycles. The number of hydrogen-bond donors (Lipinski definition) is 2. The third kappa shape index (κ3) is 3.68. The number of benzene rings is 1. The molecule has 1 aliphatic rings. The quantitative estimate of drug-likeness (QED) is 0.695. The first-order valence-electron chi connectivity index (χ1n) is 6.72. The topological polar surface area (TPSA) is 78.0 Å². The van der Waals surface area contributed by atoms with Crippen LogP contribution in [0.3, 0.4) is 0 Å². The number of hydrogen-bond acceptors (Lipinski definition) is 3. The molecule has 0 amide bonds. The minimum atomic E-state index is -4.60. The Balaban J connectivity index is 2.13. The minimum Gasteiger partial charge on any atom is -0.232 e. The molecule has 2 heterocycles. The third-order valence-electron chi connectivity index (χ3n) is 3.37. The number of thiol groups is 1. The van der Waals surface area contributed by atoms with Crippen molar-refractivity contribution in [1.82, 2.24) is 9.78 Å². The van der Waals surface area contributed by atoms with Gasteiger partial charge in [0.15, 0.2) is 5.69 Å². The summed E-state index contributed by atoms with van der Waals surface area (Å²) in [5, 5.41) is 10.5. The van der Waals surface area contributed by atoms with E-state index in [1.54, 1.807) is 12.2 Å². The second kappa shape index (κ2) is 6.31. The fraction of sp³-hybridized carbons (Fsp3) is 0.0714. The number of rotatable bonds is 3. The van der Waals surface area contributed by atoms with Crippen molar-refractivity contribution >= 4 is 39.1 Å². The summed E-state index contributed by atoms with van der Waals surface area (Å²) in [5.74, 6) is 0. The van der Waals surface area contributed by atoms with Crippen LogP contribution in [0.15, 0.2) is 52.8 Å². The summed E-state index contributed by atoms with van der Waals surface area (Å²) in [5.41, 5.74) is -0.452. The van der Waals surface area contributed by atoms with Crippen LogP contribution >= 0.6 is 24.1 Å². The van der Waals surface area contributed by atoms with E-state index in [0.717, 1.165) is 10.7 Å². The summed E-state index contributed by atoms with van der Waals surface area (Å²) >= 11 is 3.44. The molecule has 0 bridgehead atoms. The summed E-state index contributed by atoms with van der Waals surface area (Å²) in [7, 11) is -4.80. The van der Waals surface area contributed by atoms with E-state index in [0.29, 0.717) is 10.6 Å². The Bertz CT molecular complexity index is 980. The highest BCUT2D eigenvalue weighted by molar-refractivity contribution is 9.55. The SMILES string of the molecule is NS(=O)(=O)c1ccc(-n2nc(C(F)(F)F)cc2C2=CC=C[SH]2Br)cc1. The van der Waals surface area contributed by atoms with Gasteiger partial charge in [0.2, 0.25) is 10.0 Å². The molecule has 0 fully saturated rings. The van der Waals surface area contributed by atoms with Crippen LogP contribution in [-0.2, 0) is 16.2 Å². The Labute approximate surface area is 151 Å².